The Hall–Kier alpha value is -2.03. The molecule has 6 nitrogen and oxygen atoms in total. The van der Waals surface area contributed by atoms with Crippen LogP contribution in [0.4, 0.5) is 8.78 Å². The Morgan fingerprint density at radius 3 is 2.57 bits per heavy atom. The van der Waals surface area contributed by atoms with Crippen LogP contribution in [-0.4, -0.2) is 54.8 Å². The molecular weight excluding hydrogens is 330 g/mol. The fraction of sp³-hybridized carbons (Fsp3) is 0.429. The average Bonchev–Trinajstić information content (AvgIpc) is 2.77. The highest BCUT2D eigenvalue weighted by Crippen LogP contribution is 2.19. The van der Waals surface area contributed by atoms with Crippen molar-refractivity contribution in [2.75, 3.05) is 18.7 Å². The summed E-state index contributed by atoms with van der Waals surface area (Å²) in [5.41, 5.74) is 0.0949. The van der Waals surface area contributed by atoms with E-state index in [9.17, 15) is 26.8 Å². The lowest BCUT2D eigenvalue weighted by molar-refractivity contribution is -0.141. The Bertz CT molecular complexity index is 751. The fourth-order valence-corrected chi connectivity index (χ4v) is 4.13. The van der Waals surface area contributed by atoms with E-state index in [0.29, 0.717) is 6.07 Å². The van der Waals surface area contributed by atoms with Crippen LogP contribution in [0.15, 0.2) is 18.2 Å². The summed E-state index contributed by atoms with van der Waals surface area (Å²) in [5.74, 6) is -3.62. The van der Waals surface area contributed by atoms with Gasteiger partial charge in [-0.3, -0.25) is 9.59 Å². The number of benzene rings is 1. The molecule has 2 amide bonds. The van der Waals surface area contributed by atoms with Crippen LogP contribution < -0.4 is 0 Å². The van der Waals surface area contributed by atoms with E-state index in [1.54, 1.807) is 0 Å². The number of likely N-dealkylation sites (N-methyl/N-ethyl adjacent to an activating group) is 1. The summed E-state index contributed by atoms with van der Waals surface area (Å²) in [6.45, 7) is 1.02. The first kappa shape index (κ1) is 17.3. The molecule has 1 aliphatic rings. The second-order valence-electron chi connectivity index (χ2n) is 5.47. The summed E-state index contributed by atoms with van der Waals surface area (Å²) in [6.07, 6.45) is 0. The maximum absolute atomic E-state index is 13.6. The van der Waals surface area contributed by atoms with Crippen molar-refractivity contribution in [3.8, 4) is 0 Å². The molecule has 1 aromatic carbocycles. The van der Waals surface area contributed by atoms with Gasteiger partial charge in [0.2, 0.25) is 11.8 Å². The maximum Gasteiger partial charge on any atom is 0.246 e. The number of hydrogen-bond donors (Lipinski definition) is 0. The monoisotopic (exact) mass is 346 g/mol. The summed E-state index contributed by atoms with van der Waals surface area (Å²) in [5, 5.41) is 0. The summed E-state index contributed by atoms with van der Waals surface area (Å²) in [6, 6.07) is 1.86. The van der Waals surface area contributed by atoms with Gasteiger partial charge >= 0.3 is 0 Å². The Morgan fingerprint density at radius 2 is 2.00 bits per heavy atom. The number of amides is 2. The SMILES string of the molecule is CC(=O)N1CS(=O)(=O)CC1C(=O)N(C)Cc1ccc(F)cc1F. The van der Waals surface area contributed by atoms with E-state index in [1.165, 1.54) is 20.0 Å². The van der Waals surface area contributed by atoms with Crippen LogP contribution >= 0.6 is 0 Å². The van der Waals surface area contributed by atoms with Crippen LogP contribution in [0.3, 0.4) is 0 Å². The number of rotatable bonds is 3. The van der Waals surface area contributed by atoms with E-state index in [-0.39, 0.29) is 12.1 Å². The zero-order valence-electron chi connectivity index (χ0n) is 12.6. The van der Waals surface area contributed by atoms with Gasteiger partial charge in [-0.25, -0.2) is 17.2 Å². The molecule has 1 saturated heterocycles. The molecule has 2 rings (SSSR count). The van der Waals surface area contributed by atoms with Crippen molar-refractivity contribution >= 4 is 21.7 Å². The highest BCUT2D eigenvalue weighted by molar-refractivity contribution is 7.91. The topological polar surface area (TPSA) is 74.8 Å². The smallest absolute Gasteiger partial charge is 0.246 e. The largest absolute Gasteiger partial charge is 0.340 e. The summed E-state index contributed by atoms with van der Waals surface area (Å²) in [7, 11) is -2.15. The molecule has 0 bridgehead atoms. The van der Waals surface area contributed by atoms with Crippen molar-refractivity contribution in [3.63, 3.8) is 0 Å². The number of carbonyl (C=O) groups excluding carboxylic acids is 2. The molecule has 126 valence electrons. The molecule has 23 heavy (non-hydrogen) atoms. The minimum absolute atomic E-state index is 0.0949. The molecule has 0 aliphatic carbocycles. The van der Waals surface area contributed by atoms with Gasteiger partial charge in [-0.15, -0.1) is 0 Å². The van der Waals surface area contributed by atoms with Crippen molar-refractivity contribution in [1.29, 1.82) is 0 Å². The summed E-state index contributed by atoms with van der Waals surface area (Å²) < 4.78 is 49.9. The van der Waals surface area contributed by atoms with Crippen LogP contribution in [-0.2, 0) is 26.0 Å². The van der Waals surface area contributed by atoms with Gasteiger partial charge in [0.05, 0.1) is 5.75 Å². The molecule has 1 aromatic rings. The van der Waals surface area contributed by atoms with E-state index in [4.69, 9.17) is 0 Å². The van der Waals surface area contributed by atoms with Gasteiger partial charge in [0.15, 0.2) is 9.84 Å². The number of halogens is 2. The molecule has 1 unspecified atom stereocenters. The minimum atomic E-state index is -3.52. The molecule has 9 heteroatoms. The quantitative estimate of drug-likeness (QED) is 0.800. The lowest BCUT2D eigenvalue weighted by Gasteiger charge is -2.26. The van der Waals surface area contributed by atoms with E-state index >= 15 is 0 Å². The molecule has 0 radical (unpaired) electrons. The van der Waals surface area contributed by atoms with Gasteiger partial charge in [0.25, 0.3) is 0 Å². The Balaban J connectivity index is 2.17. The summed E-state index contributed by atoms with van der Waals surface area (Å²) >= 11 is 0. The van der Waals surface area contributed by atoms with E-state index < -0.39 is 51.0 Å². The van der Waals surface area contributed by atoms with Gasteiger partial charge in [-0.2, -0.15) is 0 Å². The zero-order valence-corrected chi connectivity index (χ0v) is 13.4. The van der Waals surface area contributed by atoms with Gasteiger partial charge in [0, 0.05) is 32.1 Å². The zero-order chi connectivity index (χ0) is 17.4. The third kappa shape index (κ3) is 3.84. The van der Waals surface area contributed by atoms with Crippen LogP contribution in [0.2, 0.25) is 0 Å². The molecule has 1 aliphatic heterocycles. The molecule has 0 saturated carbocycles. The highest BCUT2D eigenvalue weighted by Gasteiger charge is 2.42. The lowest BCUT2D eigenvalue weighted by atomic mass is 10.1. The van der Waals surface area contributed by atoms with Gasteiger partial charge in [0.1, 0.15) is 23.6 Å². The van der Waals surface area contributed by atoms with Gasteiger partial charge in [-0.05, 0) is 6.07 Å². The molecule has 0 aromatic heterocycles. The standard InChI is InChI=1S/C14H16F2N2O4S/c1-9(19)18-8-23(21,22)7-13(18)14(20)17(2)6-10-3-4-11(15)5-12(10)16/h3-5,13H,6-8H2,1-2H3. The first-order valence-corrected chi connectivity index (χ1v) is 8.59. The first-order chi connectivity index (χ1) is 10.6. The van der Waals surface area contributed by atoms with Crippen LogP contribution in [0.25, 0.3) is 0 Å². The van der Waals surface area contributed by atoms with Crippen LogP contribution in [0, 0.1) is 11.6 Å². The van der Waals surface area contributed by atoms with Crippen molar-refractivity contribution in [2.24, 2.45) is 0 Å². The number of nitrogens with zero attached hydrogens (tertiary/aromatic N) is 2. The van der Waals surface area contributed by atoms with E-state index in [0.717, 1.165) is 15.9 Å². The van der Waals surface area contributed by atoms with Crippen LogP contribution in [0.1, 0.15) is 12.5 Å². The van der Waals surface area contributed by atoms with Gasteiger partial charge < -0.3 is 9.80 Å². The second-order valence-corrected chi connectivity index (χ2v) is 7.55. The predicted octanol–water partition coefficient (Wildman–Crippen LogP) is 0.526. The number of hydrogen-bond acceptors (Lipinski definition) is 4. The van der Waals surface area contributed by atoms with Crippen molar-refractivity contribution in [3.05, 3.63) is 35.4 Å². The van der Waals surface area contributed by atoms with E-state index in [1.807, 2.05) is 0 Å². The van der Waals surface area contributed by atoms with Crippen molar-refractivity contribution in [2.45, 2.75) is 19.5 Å². The fourth-order valence-electron chi connectivity index (χ4n) is 2.44. The first-order valence-electron chi connectivity index (χ1n) is 6.77. The minimum Gasteiger partial charge on any atom is -0.340 e. The predicted molar refractivity (Wildman–Crippen MR) is 77.8 cm³/mol. The van der Waals surface area contributed by atoms with E-state index in [2.05, 4.69) is 0 Å². The second kappa shape index (κ2) is 6.23. The Labute approximate surface area is 132 Å². The normalized spacial score (nSPS) is 19.7. The Morgan fingerprint density at radius 1 is 1.35 bits per heavy atom. The molecule has 1 atom stereocenters. The lowest BCUT2D eigenvalue weighted by Crippen LogP contribution is -2.47. The molecule has 1 heterocycles. The Kier molecular flexibility index (Phi) is 4.69. The molecular formula is C14H16F2N2O4S. The summed E-state index contributed by atoms with van der Waals surface area (Å²) in [4.78, 5) is 26.0. The average molecular weight is 346 g/mol. The van der Waals surface area contributed by atoms with Crippen LogP contribution in [0.5, 0.6) is 0 Å². The van der Waals surface area contributed by atoms with Crippen molar-refractivity contribution in [1.82, 2.24) is 9.80 Å². The third-order valence-electron chi connectivity index (χ3n) is 3.61. The highest BCUT2D eigenvalue weighted by atomic mass is 32.2. The third-order valence-corrected chi connectivity index (χ3v) is 5.11. The van der Waals surface area contributed by atoms with Gasteiger partial charge in [-0.1, -0.05) is 6.07 Å². The van der Waals surface area contributed by atoms with Crippen molar-refractivity contribution < 1.29 is 26.8 Å². The molecule has 0 spiro atoms. The molecule has 0 N–H and O–H groups in total. The molecule has 1 fully saturated rings. The maximum atomic E-state index is 13.6. The number of carbonyl (C=O) groups is 2. The number of sulfone groups is 1.